The van der Waals surface area contributed by atoms with Crippen LogP contribution in [0.4, 0.5) is 0 Å². The number of hydrogen-bond donors (Lipinski definition) is 1. The fourth-order valence-corrected chi connectivity index (χ4v) is 1.56. The van der Waals surface area contributed by atoms with Crippen molar-refractivity contribution in [2.24, 2.45) is 0 Å². The average Bonchev–Trinajstić information content (AvgIpc) is 2.14. The highest BCUT2D eigenvalue weighted by Gasteiger charge is 1.91. The highest BCUT2D eigenvalue weighted by Crippen LogP contribution is 2.34. The lowest BCUT2D eigenvalue weighted by Crippen LogP contribution is -1.57. The minimum Gasteiger partial charge on any atom is -0.210 e. The van der Waals surface area contributed by atoms with Crippen molar-refractivity contribution in [3.8, 4) is 0 Å². The van der Waals surface area contributed by atoms with Gasteiger partial charge in [-0.3, -0.25) is 0 Å². The Morgan fingerprint density at radius 3 is 2.14 bits per heavy atom. The molecule has 0 aromatic heterocycles. The van der Waals surface area contributed by atoms with Crippen molar-refractivity contribution in [3.05, 3.63) is 28.7 Å². The van der Waals surface area contributed by atoms with Crippen LogP contribution in [0, 0.1) is 5.75 Å². The number of allylic oxidation sites excluding steroid dienone is 2. The molecule has 0 saturated heterocycles. The zero-order chi connectivity index (χ0) is 5.11. The van der Waals surface area contributed by atoms with Crippen LogP contribution in [-0.4, -0.2) is 0 Å². The lowest BCUT2D eigenvalue weighted by atomic mass is 10.6. The van der Waals surface area contributed by atoms with Gasteiger partial charge in [0, 0.05) is 5.75 Å². The molecule has 0 fully saturated rings. The molecular formula is C6H9S. The molecule has 0 aliphatic carbocycles. The topological polar surface area (TPSA) is 0 Å². The molecular weight excluding hydrogens is 104 g/mol. The summed E-state index contributed by atoms with van der Waals surface area (Å²) in [5.41, 5.74) is 0. The molecule has 0 bridgehead atoms. The smallest absolute Gasteiger partial charge is 0.000726 e. The van der Waals surface area contributed by atoms with Gasteiger partial charge in [0.25, 0.3) is 0 Å². The molecule has 0 aromatic carbocycles. The second-order valence-corrected chi connectivity index (χ2v) is 3.40. The fourth-order valence-electron chi connectivity index (χ4n) is 0.520. The van der Waals surface area contributed by atoms with Gasteiger partial charge in [-0.15, -0.1) is 0 Å². The molecule has 39 valence electrons. The summed E-state index contributed by atoms with van der Waals surface area (Å²) in [5.74, 6) is 2.23. The predicted molar refractivity (Wildman–Crippen MR) is 37.2 cm³/mol. The SMILES string of the molecule is C[CH][SH]1C=CC=C1. The summed E-state index contributed by atoms with van der Waals surface area (Å²) < 4.78 is 0. The second kappa shape index (κ2) is 2.22. The van der Waals surface area contributed by atoms with E-state index in [2.05, 4.69) is 35.6 Å². The lowest BCUT2D eigenvalue weighted by Gasteiger charge is -2.00. The Morgan fingerprint density at radius 1 is 1.29 bits per heavy atom. The van der Waals surface area contributed by atoms with E-state index in [1.165, 1.54) is 0 Å². The first-order valence-electron chi connectivity index (χ1n) is 2.35. The van der Waals surface area contributed by atoms with E-state index < -0.39 is 0 Å². The van der Waals surface area contributed by atoms with Crippen LogP contribution >= 0.6 is 10.9 Å². The van der Waals surface area contributed by atoms with Gasteiger partial charge in [0.2, 0.25) is 0 Å². The van der Waals surface area contributed by atoms with E-state index in [1.807, 2.05) is 0 Å². The van der Waals surface area contributed by atoms with E-state index in [1.54, 1.807) is 0 Å². The van der Waals surface area contributed by atoms with Gasteiger partial charge in [-0.05, 0) is 10.8 Å². The van der Waals surface area contributed by atoms with E-state index in [9.17, 15) is 0 Å². The Morgan fingerprint density at radius 2 is 1.86 bits per heavy atom. The maximum Gasteiger partial charge on any atom is 0.000726 e. The van der Waals surface area contributed by atoms with E-state index in [0.29, 0.717) is 0 Å². The first-order chi connectivity index (χ1) is 3.43. The van der Waals surface area contributed by atoms with E-state index in [4.69, 9.17) is 0 Å². The van der Waals surface area contributed by atoms with E-state index in [0.717, 1.165) is 0 Å². The molecule has 1 aliphatic rings. The third kappa shape index (κ3) is 1.10. The summed E-state index contributed by atoms with van der Waals surface area (Å²) in [7, 11) is 0.0710. The maximum absolute atomic E-state index is 2.23. The lowest BCUT2D eigenvalue weighted by molar-refractivity contribution is 1.73. The molecule has 0 atom stereocenters. The summed E-state index contributed by atoms with van der Waals surface area (Å²) in [6, 6.07) is 0. The van der Waals surface area contributed by atoms with E-state index >= 15 is 0 Å². The summed E-state index contributed by atoms with van der Waals surface area (Å²) in [4.78, 5) is 0. The van der Waals surface area contributed by atoms with Gasteiger partial charge in [0.1, 0.15) is 0 Å². The number of thiol groups is 1. The molecule has 1 heteroatoms. The third-order valence-electron chi connectivity index (χ3n) is 0.926. The van der Waals surface area contributed by atoms with Crippen LogP contribution in [0.15, 0.2) is 23.0 Å². The molecule has 0 amide bonds. The van der Waals surface area contributed by atoms with Crippen molar-refractivity contribution in [2.75, 3.05) is 0 Å². The Labute approximate surface area is 47.3 Å². The standard InChI is InChI=1S/C6H9S/c1-2-7-5-3-4-6-7/h2-7H,1H3. The van der Waals surface area contributed by atoms with Crippen LogP contribution in [0.25, 0.3) is 0 Å². The van der Waals surface area contributed by atoms with Crippen molar-refractivity contribution in [3.63, 3.8) is 0 Å². The van der Waals surface area contributed by atoms with Gasteiger partial charge in [0.15, 0.2) is 0 Å². The Kier molecular flexibility index (Phi) is 1.58. The molecule has 0 N–H and O–H groups in total. The van der Waals surface area contributed by atoms with Crippen LogP contribution in [0.5, 0.6) is 0 Å². The van der Waals surface area contributed by atoms with Gasteiger partial charge < -0.3 is 0 Å². The second-order valence-electron chi connectivity index (χ2n) is 1.39. The molecule has 7 heavy (non-hydrogen) atoms. The van der Waals surface area contributed by atoms with Gasteiger partial charge in [-0.2, -0.15) is 0 Å². The molecule has 0 unspecified atom stereocenters. The number of rotatable bonds is 1. The predicted octanol–water partition coefficient (Wildman–Crippen LogP) is 2.21. The van der Waals surface area contributed by atoms with Gasteiger partial charge in [0.05, 0.1) is 0 Å². The summed E-state index contributed by atoms with van der Waals surface area (Å²) >= 11 is 0. The molecule has 1 rings (SSSR count). The normalized spacial score (nSPS) is 21.6. The zero-order valence-electron chi connectivity index (χ0n) is 4.33. The largest absolute Gasteiger partial charge is 0.210 e. The summed E-state index contributed by atoms with van der Waals surface area (Å²) in [6.45, 7) is 2.10. The molecule has 0 nitrogen and oxygen atoms in total. The molecule has 1 aliphatic heterocycles. The van der Waals surface area contributed by atoms with Crippen LogP contribution in [0.2, 0.25) is 0 Å². The van der Waals surface area contributed by atoms with Crippen LogP contribution < -0.4 is 0 Å². The van der Waals surface area contributed by atoms with Gasteiger partial charge in [-0.1, -0.05) is 19.1 Å². The fraction of sp³-hybridized carbons (Fsp3) is 0.167. The van der Waals surface area contributed by atoms with Crippen molar-refractivity contribution >= 4 is 10.9 Å². The number of hydrogen-bond acceptors (Lipinski definition) is 0. The summed E-state index contributed by atoms with van der Waals surface area (Å²) in [6.07, 6.45) is 4.21. The Hall–Kier alpha value is -0.170. The minimum atomic E-state index is 0.0710. The van der Waals surface area contributed by atoms with Crippen molar-refractivity contribution in [1.29, 1.82) is 0 Å². The van der Waals surface area contributed by atoms with Crippen LogP contribution in [-0.2, 0) is 0 Å². The average molecular weight is 113 g/mol. The zero-order valence-corrected chi connectivity index (χ0v) is 5.23. The molecule has 1 radical (unpaired) electrons. The van der Waals surface area contributed by atoms with Crippen molar-refractivity contribution < 1.29 is 0 Å². The molecule has 1 heterocycles. The highest BCUT2D eigenvalue weighted by atomic mass is 32.2. The quantitative estimate of drug-likeness (QED) is 0.495. The third-order valence-corrected chi connectivity index (χ3v) is 2.55. The van der Waals surface area contributed by atoms with E-state index in [-0.39, 0.29) is 10.9 Å². The maximum atomic E-state index is 2.23. The Balaban J connectivity index is 2.44. The molecule has 0 spiro atoms. The van der Waals surface area contributed by atoms with Crippen molar-refractivity contribution in [1.82, 2.24) is 0 Å². The van der Waals surface area contributed by atoms with Crippen molar-refractivity contribution in [2.45, 2.75) is 6.92 Å². The highest BCUT2D eigenvalue weighted by molar-refractivity contribution is 8.24. The molecule has 0 aromatic rings. The Bertz CT molecular complexity index is 90.7. The van der Waals surface area contributed by atoms with Crippen LogP contribution in [0.3, 0.4) is 0 Å². The first-order valence-corrected chi connectivity index (χ1v) is 3.90. The minimum absolute atomic E-state index is 0.0710. The van der Waals surface area contributed by atoms with Gasteiger partial charge in [-0.25, -0.2) is 10.9 Å². The van der Waals surface area contributed by atoms with Crippen LogP contribution in [0.1, 0.15) is 6.92 Å². The first kappa shape index (κ1) is 4.98. The summed E-state index contributed by atoms with van der Waals surface area (Å²) in [5, 5.41) is 4.46. The monoisotopic (exact) mass is 113 g/mol. The molecule has 0 saturated carbocycles. The van der Waals surface area contributed by atoms with Gasteiger partial charge >= 0.3 is 0 Å².